The van der Waals surface area contributed by atoms with Crippen LogP contribution in [0.5, 0.6) is 0 Å². The van der Waals surface area contributed by atoms with E-state index in [1.165, 1.54) is 0 Å². The molecule has 1 spiro atoms. The molecule has 1 unspecified atom stereocenters. The van der Waals surface area contributed by atoms with Crippen LogP contribution < -0.4 is 0 Å². The second kappa shape index (κ2) is 2.24. The molecule has 70 valence electrons. The predicted molar refractivity (Wildman–Crippen MR) is 48.2 cm³/mol. The van der Waals surface area contributed by atoms with Crippen molar-refractivity contribution < 1.29 is 9.53 Å². The average Bonchev–Trinajstić information content (AvgIpc) is 2.56. The van der Waals surface area contributed by atoms with E-state index in [9.17, 15) is 4.79 Å². The lowest BCUT2D eigenvalue weighted by Crippen LogP contribution is -2.49. The molecular formula is C11H14O2. The Bertz CT molecular complexity index is 294. The first kappa shape index (κ1) is 7.74. The molecule has 2 heteroatoms. The van der Waals surface area contributed by atoms with Gasteiger partial charge in [0.1, 0.15) is 5.78 Å². The van der Waals surface area contributed by atoms with Gasteiger partial charge in [-0.3, -0.25) is 4.79 Å². The zero-order chi connectivity index (χ0) is 9.05. The molecule has 1 saturated carbocycles. The van der Waals surface area contributed by atoms with Gasteiger partial charge in [-0.2, -0.15) is 0 Å². The minimum atomic E-state index is 0.0752. The first-order valence-electron chi connectivity index (χ1n) is 5.05. The van der Waals surface area contributed by atoms with Crippen LogP contribution in [0.25, 0.3) is 0 Å². The summed E-state index contributed by atoms with van der Waals surface area (Å²) in [6.07, 6.45) is 5.39. The number of ketones is 1. The van der Waals surface area contributed by atoms with Gasteiger partial charge in [0, 0.05) is 17.3 Å². The third-order valence-corrected chi connectivity index (χ3v) is 4.21. The summed E-state index contributed by atoms with van der Waals surface area (Å²) in [5, 5.41) is 0. The van der Waals surface area contributed by atoms with E-state index in [1.54, 1.807) is 0 Å². The number of hydrogen-bond donors (Lipinski definition) is 0. The fraction of sp³-hybridized carbons (Fsp3) is 0.727. The maximum absolute atomic E-state index is 11.8. The van der Waals surface area contributed by atoms with Crippen molar-refractivity contribution in [2.24, 2.45) is 23.2 Å². The number of carbonyl (C=O) groups excluding carboxylic acids is 1. The molecular weight excluding hydrogens is 164 g/mol. The second-order valence-electron chi connectivity index (χ2n) is 4.65. The highest BCUT2D eigenvalue weighted by Crippen LogP contribution is 2.54. The quantitative estimate of drug-likeness (QED) is 0.524. The number of Topliss-reactive ketones (excluding diaryl/α,β-unsaturated/α-hetero) is 1. The largest absolute Gasteiger partial charge is 0.380 e. The van der Waals surface area contributed by atoms with Crippen molar-refractivity contribution in [2.45, 2.75) is 13.3 Å². The molecule has 2 fully saturated rings. The molecule has 0 aromatic heterocycles. The van der Waals surface area contributed by atoms with Gasteiger partial charge in [-0.1, -0.05) is 19.1 Å². The van der Waals surface area contributed by atoms with E-state index in [-0.39, 0.29) is 17.3 Å². The van der Waals surface area contributed by atoms with E-state index in [0.29, 0.717) is 11.7 Å². The van der Waals surface area contributed by atoms with Crippen LogP contribution in [0.4, 0.5) is 0 Å². The summed E-state index contributed by atoms with van der Waals surface area (Å²) in [6, 6.07) is 0. The molecule has 0 aromatic rings. The van der Waals surface area contributed by atoms with Crippen LogP contribution in [0.2, 0.25) is 0 Å². The Morgan fingerprint density at radius 3 is 3.31 bits per heavy atom. The standard InChI is InChI=1S/C11H14O2/c1-7-10(12)8-2-3-11(7)6-13-5-9(11)4-8/h2-3,7-9H,4-6H2,1H3/t7?,8-,9+,11+/m0/s1. The summed E-state index contributed by atoms with van der Waals surface area (Å²) in [5.41, 5.74) is 0.0752. The van der Waals surface area contributed by atoms with Crippen molar-refractivity contribution in [2.75, 3.05) is 13.2 Å². The van der Waals surface area contributed by atoms with Crippen molar-refractivity contribution in [3.63, 3.8) is 0 Å². The summed E-state index contributed by atoms with van der Waals surface area (Å²) in [4.78, 5) is 11.8. The number of rotatable bonds is 0. The van der Waals surface area contributed by atoms with Crippen molar-refractivity contribution in [1.82, 2.24) is 0 Å². The SMILES string of the molecule is CC1C(=O)[C@H]2C=C[C@@]13COC[C@H]3C2. The van der Waals surface area contributed by atoms with Gasteiger partial charge in [-0.15, -0.1) is 0 Å². The predicted octanol–water partition coefficient (Wildman–Crippen LogP) is 1.41. The lowest BCUT2D eigenvalue weighted by molar-refractivity contribution is -0.134. The van der Waals surface area contributed by atoms with Crippen molar-refractivity contribution in [3.8, 4) is 0 Å². The van der Waals surface area contributed by atoms with E-state index in [1.807, 2.05) is 0 Å². The summed E-state index contributed by atoms with van der Waals surface area (Å²) in [5.74, 6) is 1.42. The Balaban J connectivity index is 2.12. The van der Waals surface area contributed by atoms with Gasteiger partial charge in [-0.05, 0) is 12.3 Å². The van der Waals surface area contributed by atoms with E-state index < -0.39 is 0 Å². The molecule has 2 nitrogen and oxygen atoms in total. The van der Waals surface area contributed by atoms with Crippen molar-refractivity contribution >= 4 is 5.78 Å². The fourth-order valence-electron chi connectivity index (χ4n) is 3.22. The van der Waals surface area contributed by atoms with Gasteiger partial charge in [0.15, 0.2) is 0 Å². The molecule has 4 aliphatic rings. The van der Waals surface area contributed by atoms with Crippen LogP contribution in [0, 0.1) is 23.2 Å². The minimum absolute atomic E-state index is 0.0752. The Morgan fingerprint density at radius 2 is 2.46 bits per heavy atom. The molecule has 4 atom stereocenters. The minimum Gasteiger partial charge on any atom is -0.380 e. The average molecular weight is 178 g/mol. The van der Waals surface area contributed by atoms with Gasteiger partial charge in [0.25, 0.3) is 0 Å². The second-order valence-corrected chi connectivity index (χ2v) is 4.65. The van der Waals surface area contributed by atoms with Crippen molar-refractivity contribution in [1.29, 1.82) is 0 Å². The van der Waals surface area contributed by atoms with Crippen LogP contribution in [-0.2, 0) is 9.53 Å². The van der Waals surface area contributed by atoms with Crippen molar-refractivity contribution in [3.05, 3.63) is 12.2 Å². The maximum Gasteiger partial charge on any atom is 0.143 e. The molecule has 1 aliphatic heterocycles. The van der Waals surface area contributed by atoms with E-state index >= 15 is 0 Å². The topological polar surface area (TPSA) is 26.3 Å². The van der Waals surface area contributed by atoms with Crippen LogP contribution in [-0.4, -0.2) is 19.0 Å². The summed E-state index contributed by atoms with van der Waals surface area (Å²) < 4.78 is 5.53. The Labute approximate surface area is 78.0 Å². The first-order chi connectivity index (χ1) is 6.24. The Hall–Kier alpha value is -0.630. The molecule has 1 heterocycles. The highest BCUT2D eigenvalue weighted by Gasteiger charge is 2.56. The molecule has 4 rings (SSSR count). The molecule has 0 amide bonds. The van der Waals surface area contributed by atoms with Crippen LogP contribution in [0.1, 0.15) is 13.3 Å². The molecule has 1 saturated heterocycles. The number of ether oxygens (including phenoxy) is 1. The monoisotopic (exact) mass is 178 g/mol. The zero-order valence-corrected chi connectivity index (χ0v) is 7.82. The Kier molecular flexibility index (Phi) is 1.33. The van der Waals surface area contributed by atoms with Crippen LogP contribution in [0.3, 0.4) is 0 Å². The normalized spacial score (nSPS) is 52.7. The molecule has 3 aliphatic carbocycles. The molecule has 0 radical (unpaired) electrons. The first-order valence-corrected chi connectivity index (χ1v) is 5.05. The number of carbonyl (C=O) groups is 1. The third-order valence-electron chi connectivity index (χ3n) is 4.21. The van der Waals surface area contributed by atoms with E-state index in [4.69, 9.17) is 4.74 Å². The molecule has 13 heavy (non-hydrogen) atoms. The highest BCUT2D eigenvalue weighted by atomic mass is 16.5. The smallest absolute Gasteiger partial charge is 0.143 e. The van der Waals surface area contributed by atoms with Gasteiger partial charge in [-0.25, -0.2) is 0 Å². The zero-order valence-electron chi connectivity index (χ0n) is 7.82. The lowest BCUT2D eigenvalue weighted by atomic mass is 9.55. The van der Waals surface area contributed by atoms with Gasteiger partial charge in [0.05, 0.1) is 13.2 Å². The number of allylic oxidation sites excluding steroid dienone is 1. The maximum atomic E-state index is 11.8. The van der Waals surface area contributed by atoms with E-state index in [2.05, 4.69) is 19.1 Å². The van der Waals surface area contributed by atoms with Gasteiger partial charge >= 0.3 is 0 Å². The summed E-state index contributed by atoms with van der Waals surface area (Å²) in [7, 11) is 0. The van der Waals surface area contributed by atoms with Gasteiger partial charge < -0.3 is 4.74 Å². The summed E-state index contributed by atoms with van der Waals surface area (Å²) in [6.45, 7) is 3.69. The third kappa shape index (κ3) is 0.755. The number of hydrogen-bond acceptors (Lipinski definition) is 2. The highest BCUT2D eigenvalue weighted by molar-refractivity contribution is 5.88. The van der Waals surface area contributed by atoms with Crippen LogP contribution >= 0.6 is 0 Å². The molecule has 0 N–H and O–H groups in total. The molecule has 2 bridgehead atoms. The van der Waals surface area contributed by atoms with E-state index in [0.717, 1.165) is 19.6 Å². The van der Waals surface area contributed by atoms with Crippen LogP contribution in [0.15, 0.2) is 12.2 Å². The Morgan fingerprint density at radius 1 is 1.62 bits per heavy atom. The van der Waals surface area contributed by atoms with Gasteiger partial charge in [0.2, 0.25) is 0 Å². The fourth-order valence-corrected chi connectivity index (χ4v) is 3.22. The lowest BCUT2D eigenvalue weighted by Gasteiger charge is -2.46. The molecule has 0 aromatic carbocycles. The number of fused-ring (bicyclic) bond motifs is 1. The summed E-state index contributed by atoms with van der Waals surface area (Å²) >= 11 is 0.